The van der Waals surface area contributed by atoms with Gasteiger partial charge < -0.3 is 19.6 Å². The van der Waals surface area contributed by atoms with Crippen LogP contribution in [0.1, 0.15) is 60.0 Å². The van der Waals surface area contributed by atoms with Gasteiger partial charge in [0.05, 0.1) is 16.9 Å². The predicted molar refractivity (Wildman–Crippen MR) is 169 cm³/mol. The first-order chi connectivity index (χ1) is 21.7. The van der Waals surface area contributed by atoms with Crippen LogP contribution < -0.4 is 5.32 Å². The molecule has 236 valence electrons. The Morgan fingerprint density at radius 1 is 1.02 bits per heavy atom. The molecule has 0 spiro atoms. The predicted octanol–water partition coefficient (Wildman–Crippen LogP) is 6.12. The molecule has 10 nitrogen and oxygen atoms in total. The summed E-state index contributed by atoms with van der Waals surface area (Å²) in [5.74, 6) is -1.22. The Balaban J connectivity index is 1.07. The summed E-state index contributed by atoms with van der Waals surface area (Å²) >= 11 is 0. The summed E-state index contributed by atoms with van der Waals surface area (Å²) in [6, 6.07) is 19.8. The summed E-state index contributed by atoms with van der Waals surface area (Å²) in [4.78, 5) is 30.9. The maximum atomic E-state index is 13.6. The van der Waals surface area contributed by atoms with Crippen molar-refractivity contribution < 1.29 is 32.3 Å². The van der Waals surface area contributed by atoms with E-state index in [4.69, 9.17) is 9.15 Å². The van der Waals surface area contributed by atoms with Crippen molar-refractivity contribution in [2.45, 2.75) is 68.2 Å². The number of fused-ring (bicyclic) bond motifs is 1. The molecule has 1 unspecified atom stereocenters. The molecule has 2 N–H and O–H groups in total. The summed E-state index contributed by atoms with van der Waals surface area (Å²) in [6.45, 7) is 2.81. The minimum Gasteiger partial charge on any atom is -0.481 e. The monoisotopic (exact) mass is 631 g/mol. The lowest BCUT2D eigenvalue weighted by atomic mass is 9.87. The van der Waals surface area contributed by atoms with Crippen molar-refractivity contribution in [2.75, 3.05) is 18.6 Å². The number of aromatic nitrogens is 1. The molecule has 1 aromatic heterocycles. The van der Waals surface area contributed by atoms with Gasteiger partial charge in [-0.1, -0.05) is 36.4 Å². The van der Waals surface area contributed by atoms with Crippen molar-refractivity contribution in [1.29, 1.82) is 0 Å². The lowest BCUT2D eigenvalue weighted by Gasteiger charge is -2.30. The van der Waals surface area contributed by atoms with Gasteiger partial charge in [0.1, 0.15) is 17.6 Å². The molecule has 0 amide bonds. The highest BCUT2D eigenvalue weighted by Crippen LogP contribution is 2.31. The van der Waals surface area contributed by atoms with Crippen molar-refractivity contribution in [3.8, 4) is 0 Å². The Kier molecular flexibility index (Phi) is 9.02. The van der Waals surface area contributed by atoms with Crippen LogP contribution in [0.15, 0.2) is 76.0 Å². The number of ketones is 1. The van der Waals surface area contributed by atoms with Gasteiger partial charge in [0.25, 0.3) is 6.01 Å². The van der Waals surface area contributed by atoms with E-state index in [-0.39, 0.29) is 35.9 Å². The fourth-order valence-electron chi connectivity index (χ4n) is 6.21. The standard InChI is InChI=1S/C34H37N3O7S/c1-22-5-2-3-6-28(22)35-34-36-29-17-8-23(20-31(29)44-34)19-30(38)24-11-15-27(16-12-24)45(41,42)32-7-4-18-37(32)21-43-26-13-9-25(10-14-26)33(39)40/h2-3,5-6,8,11-12,15-17,20,25-26,32H,4,7,9-10,13-14,18-19,21H2,1H3,(H,35,36)(H,39,40). The maximum Gasteiger partial charge on any atom is 0.306 e. The maximum absolute atomic E-state index is 13.6. The molecule has 1 saturated carbocycles. The first kappa shape index (κ1) is 30.9. The zero-order valence-corrected chi connectivity index (χ0v) is 26.0. The lowest BCUT2D eigenvalue weighted by molar-refractivity contribution is -0.144. The molecule has 1 aliphatic heterocycles. The zero-order chi connectivity index (χ0) is 31.6. The van der Waals surface area contributed by atoms with Crippen LogP contribution in [0.4, 0.5) is 11.7 Å². The number of Topliss-reactive ketones (excluding diaryl/α,β-unsaturated/α-hetero) is 1. The number of oxazole rings is 1. The molecule has 3 aromatic carbocycles. The van der Waals surface area contributed by atoms with Gasteiger partial charge in [0, 0.05) is 24.2 Å². The van der Waals surface area contributed by atoms with Crippen molar-refractivity contribution in [3.05, 3.63) is 83.4 Å². The number of carboxylic acids is 1. The summed E-state index contributed by atoms with van der Waals surface area (Å²) in [5, 5.41) is 11.7. The van der Waals surface area contributed by atoms with Gasteiger partial charge in [-0.05, 0) is 86.9 Å². The molecular formula is C34H37N3O7S. The fraction of sp³-hybridized carbons (Fsp3) is 0.382. The number of aryl methyl sites for hydroxylation is 1. The van der Waals surface area contributed by atoms with Crippen LogP contribution in [0.5, 0.6) is 0 Å². The van der Waals surface area contributed by atoms with E-state index in [1.807, 2.05) is 48.2 Å². The van der Waals surface area contributed by atoms with Gasteiger partial charge in [-0.3, -0.25) is 14.5 Å². The van der Waals surface area contributed by atoms with Gasteiger partial charge in [-0.15, -0.1) is 0 Å². The van der Waals surface area contributed by atoms with E-state index in [1.165, 1.54) is 12.1 Å². The van der Waals surface area contributed by atoms with Gasteiger partial charge in [0.15, 0.2) is 21.2 Å². The molecule has 2 fully saturated rings. The van der Waals surface area contributed by atoms with Crippen LogP contribution >= 0.6 is 0 Å². The Morgan fingerprint density at radius 3 is 2.51 bits per heavy atom. The molecule has 0 radical (unpaired) electrons. The SMILES string of the molecule is Cc1ccccc1Nc1nc2ccc(CC(=O)c3ccc(S(=O)(=O)C4CCCN4COC4CCC(C(=O)O)CC4)cc3)cc2o1. The van der Waals surface area contributed by atoms with Gasteiger partial charge in [-0.2, -0.15) is 4.98 Å². The van der Waals surface area contributed by atoms with Crippen LogP contribution in [0.3, 0.4) is 0 Å². The highest BCUT2D eigenvalue weighted by Gasteiger charge is 2.37. The third kappa shape index (κ3) is 6.95. The molecule has 45 heavy (non-hydrogen) atoms. The molecule has 11 heteroatoms. The molecular weight excluding hydrogens is 594 g/mol. The molecule has 1 saturated heterocycles. The Morgan fingerprint density at radius 2 is 1.78 bits per heavy atom. The zero-order valence-electron chi connectivity index (χ0n) is 25.1. The first-order valence-electron chi connectivity index (χ1n) is 15.3. The van der Waals surface area contributed by atoms with Crippen LogP contribution in [0.25, 0.3) is 11.1 Å². The number of benzene rings is 3. The summed E-state index contributed by atoms with van der Waals surface area (Å²) in [5.41, 5.74) is 4.39. The number of aliphatic carboxylic acids is 1. The van der Waals surface area contributed by atoms with E-state index < -0.39 is 21.2 Å². The van der Waals surface area contributed by atoms with Crippen LogP contribution in [0, 0.1) is 12.8 Å². The average molecular weight is 632 g/mol. The molecule has 4 aromatic rings. The molecule has 1 aliphatic carbocycles. The number of anilines is 2. The topological polar surface area (TPSA) is 139 Å². The number of carboxylic acid groups (broad SMARTS) is 1. The van der Waals surface area contributed by atoms with E-state index in [0.29, 0.717) is 61.3 Å². The van der Waals surface area contributed by atoms with Crippen molar-refractivity contribution in [1.82, 2.24) is 9.88 Å². The number of carbonyl (C=O) groups is 2. The number of rotatable bonds is 11. The van der Waals surface area contributed by atoms with Gasteiger partial charge in [0.2, 0.25) is 0 Å². The van der Waals surface area contributed by atoms with Gasteiger partial charge >= 0.3 is 5.97 Å². The number of ether oxygens (including phenoxy) is 1. The summed E-state index contributed by atoms with van der Waals surface area (Å²) in [6.07, 6.45) is 3.80. The second kappa shape index (κ2) is 13.1. The number of nitrogens with one attached hydrogen (secondary N) is 1. The minimum absolute atomic E-state index is 0.0584. The highest BCUT2D eigenvalue weighted by atomic mass is 32.2. The first-order valence-corrected chi connectivity index (χ1v) is 16.9. The number of nitrogens with zero attached hydrogens (tertiary/aromatic N) is 2. The van der Waals surface area contributed by atoms with Crippen LogP contribution in [-0.4, -0.2) is 59.9 Å². The minimum atomic E-state index is -3.68. The molecule has 2 aliphatic rings. The van der Waals surface area contributed by atoms with E-state index in [2.05, 4.69) is 10.3 Å². The molecule has 1 atom stereocenters. The fourth-order valence-corrected chi connectivity index (χ4v) is 8.07. The number of hydrogen-bond acceptors (Lipinski definition) is 9. The number of sulfone groups is 1. The number of carbonyl (C=O) groups excluding carboxylic acids is 1. The normalized spacial score (nSPS) is 20.8. The second-order valence-electron chi connectivity index (χ2n) is 11.9. The third-order valence-electron chi connectivity index (χ3n) is 8.87. The smallest absolute Gasteiger partial charge is 0.306 e. The summed E-state index contributed by atoms with van der Waals surface area (Å²) in [7, 11) is -3.68. The number of likely N-dealkylation sites (tertiary alicyclic amines) is 1. The Hall–Kier alpha value is -4.06. The lowest BCUT2D eigenvalue weighted by Crippen LogP contribution is -2.39. The molecule has 2 heterocycles. The van der Waals surface area contributed by atoms with Crippen LogP contribution in [0.2, 0.25) is 0 Å². The van der Waals surface area contributed by atoms with E-state index in [9.17, 15) is 23.1 Å². The Labute approximate surface area is 262 Å². The van der Waals surface area contributed by atoms with E-state index in [1.54, 1.807) is 18.2 Å². The van der Waals surface area contributed by atoms with E-state index in [0.717, 1.165) is 23.2 Å². The van der Waals surface area contributed by atoms with Crippen molar-refractivity contribution >= 4 is 44.4 Å². The van der Waals surface area contributed by atoms with E-state index >= 15 is 0 Å². The highest BCUT2D eigenvalue weighted by molar-refractivity contribution is 7.92. The second-order valence-corrected chi connectivity index (χ2v) is 14.1. The molecule has 0 bridgehead atoms. The summed E-state index contributed by atoms with van der Waals surface area (Å²) < 4.78 is 39.1. The average Bonchev–Trinajstić information content (AvgIpc) is 3.68. The van der Waals surface area contributed by atoms with Gasteiger partial charge in [-0.25, -0.2) is 8.42 Å². The third-order valence-corrected chi connectivity index (χ3v) is 11.0. The quantitative estimate of drug-likeness (QED) is 0.186. The largest absolute Gasteiger partial charge is 0.481 e. The van der Waals surface area contributed by atoms with Crippen molar-refractivity contribution in [2.24, 2.45) is 5.92 Å². The Bertz CT molecular complexity index is 1790. The number of para-hydroxylation sites is 1. The van der Waals surface area contributed by atoms with Crippen molar-refractivity contribution in [3.63, 3.8) is 0 Å². The molecule has 6 rings (SSSR count). The van der Waals surface area contributed by atoms with Crippen LogP contribution in [-0.2, 0) is 25.8 Å². The number of hydrogen-bond donors (Lipinski definition) is 2.